The topological polar surface area (TPSA) is 98.9 Å². The number of rotatable bonds is 9. The summed E-state index contributed by atoms with van der Waals surface area (Å²) in [5.74, 6) is -0.865. The molecule has 1 unspecified atom stereocenters. The third-order valence-electron chi connectivity index (χ3n) is 6.63. The van der Waals surface area contributed by atoms with Gasteiger partial charge in [-0.2, -0.15) is 0 Å². The van der Waals surface area contributed by atoms with Crippen molar-refractivity contribution in [2.75, 3.05) is 27.4 Å². The Hall–Kier alpha value is -1.48. The summed E-state index contributed by atoms with van der Waals surface area (Å²) >= 11 is 0. The van der Waals surface area contributed by atoms with Gasteiger partial charge >= 0.3 is 11.9 Å². The summed E-state index contributed by atoms with van der Waals surface area (Å²) in [6, 6.07) is -0.586. The maximum atomic E-state index is 12.4. The van der Waals surface area contributed by atoms with Crippen molar-refractivity contribution in [3.8, 4) is 0 Å². The van der Waals surface area contributed by atoms with E-state index >= 15 is 0 Å². The number of hydrogen-bond acceptors (Lipinski definition) is 8. The van der Waals surface area contributed by atoms with Gasteiger partial charge in [0.1, 0.15) is 29.5 Å². The van der Waals surface area contributed by atoms with Crippen LogP contribution in [0.1, 0.15) is 47.0 Å². The molecule has 8 heteroatoms. The Morgan fingerprint density at radius 3 is 2.57 bits per heavy atom. The summed E-state index contributed by atoms with van der Waals surface area (Å²) in [5.41, 5.74) is 0.638. The lowest BCUT2D eigenvalue weighted by molar-refractivity contribution is -0.171. The molecule has 30 heavy (non-hydrogen) atoms. The number of epoxide rings is 2. The molecular formula is C22H35NO7. The highest BCUT2D eigenvalue weighted by molar-refractivity contribution is 5.77. The minimum Gasteiger partial charge on any atom is -0.468 e. The Labute approximate surface area is 178 Å². The van der Waals surface area contributed by atoms with Crippen molar-refractivity contribution in [1.82, 2.24) is 5.32 Å². The molecule has 2 saturated heterocycles. The quantitative estimate of drug-likeness (QED) is 0.339. The molecule has 1 saturated carbocycles. The van der Waals surface area contributed by atoms with Gasteiger partial charge in [0.2, 0.25) is 0 Å². The minimum absolute atomic E-state index is 0.0148. The Bertz CT molecular complexity index is 685. The van der Waals surface area contributed by atoms with Gasteiger partial charge < -0.3 is 23.7 Å². The number of nitrogens with one attached hydrogen (secondary N) is 1. The van der Waals surface area contributed by atoms with Crippen molar-refractivity contribution in [2.45, 2.75) is 82.5 Å². The number of hydrogen-bond donors (Lipinski definition) is 1. The highest BCUT2D eigenvalue weighted by Crippen LogP contribution is 2.59. The van der Waals surface area contributed by atoms with Crippen LogP contribution in [0, 0.1) is 5.92 Å². The second kappa shape index (κ2) is 8.94. The average molecular weight is 426 g/mol. The molecule has 1 N–H and O–H groups in total. The lowest BCUT2D eigenvalue weighted by Crippen LogP contribution is -2.56. The number of methoxy groups -OCH3 is 2. The van der Waals surface area contributed by atoms with Crippen LogP contribution in [0.25, 0.3) is 0 Å². The molecule has 3 rings (SSSR count). The smallest absolute Gasteiger partial charge is 0.322 e. The zero-order valence-corrected chi connectivity index (χ0v) is 18.9. The van der Waals surface area contributed by atoms with Crippen molar-refractivity contribution in [3.63, 3.8) is 0 Å². The van der Waals surface area contributed by atoms with Crippen LogP contribution >= 0.6 is 0 Å². The van der Waals surface area contributed by atoms with E-state index in [2.05, 4.69) is 36.9 Å². The second-order valence-electron chi connectivity index (χ2n) is 9.03. The first-order valence-electron chi connectivity index (χ1n) is 10.7. The monoisotopic (exact) mass is 425 g/mol. The van der Waals surface area contributed by atoms with Gasteiger partial charge in [-0.15, -0.1) is 0 Å². The zero-order chi connectivity index (χ0) is 22.1. The first-order valence-corrected chi connectivity index (χ1v) is 10.7. The van der Waals surface area contributed by atoms with Crippen LogP contribution in [0.15, 0.2) is 11.6 Å². The Morgan fingerprint density at radius 1 is 1.30 bits per heavy atom. The molecule has 3 aliphatic rings. The van der Waals surface area contributed by atoms with Crippen LogP contribution < -0.4 is 5.32 Å². The van der Waals surface area contributed by atoms with E-state index in [9.17, 15) is 9.59 Å². The maximum absolute atomic E-state index is 12.4. The number of allylic oxidation sites excluding steroid dienone is 1. The van der Waals surface area contributed by atoms with Gasteiger partial charge in [-0.1, -0.05) is 11.6 Å². The first kappa shape index (κ1) is 23.2. The molecule has 0 aromatic rings. The van der Waals surface area contributed by atoms with Crippen molar-refractivity contribution in [1.29, 1.82) is 0 Å². The minimum atomic E-state index is -0.586. The van der Waals surface area contributed by atoms with Gasteiger partial charge in [0.05, 0.1) is 32.3 Å². The van der Waals surface area contributed by atoms with Gasteiger partial charge in [0, 0.05) is 7.11 Å². The number of esters is 2. The summed E-state index contributed by atoms with van der Waals surface area (Å²) in [7, 11) is 2.96. The molecule has 1 aliphatic carbocycles. The van der Waals surface area contributed by atoms with Crippen molar-refractivity contribution >= 4 is 11.9 Å². The van der Waals surface area contributed by atoms with E-state index in [1.165, 1.54) is 12.7 Å². The van der Waals surface area contributed by atoms with Crippen molar-refractivity contribution in [2.24, 2.45) is 5.92 Å². The molecular weight excluding hydrogens is 390 g/mol. The Balaban J connectivity index is 1.64. The lowest BCUT2D eigenvalue weighted by atomic mass is 9.68. The maximum Gasteiger partial charge on any atom is 0.322 e. The van der Waals surface area contributed by atoms with Crippen LogP contribution in [0.5, 0.6) is 0 Å². The van der Waals surface area contributed by atoms with Crippen LogP contribution in [0.3, 0.4) is 0 Å². The molecule has 0 aromatic heterocycles. The highest BCUT2D eigenvalue weighted by atomic mass is 16.6. The first-order chi connectivity index (χ1) is 14.2. The summed E-state index contributed by atoms with van der Waals surface area (Å²) in [4.78, 5) is 23.9. The fourth-order valence-electron chi connectivity index (χ4n) is 4.78. The van der Waals surface area contributed by atoms with E-state index in [0.29, 0.717) is 13.0 Å². The van der Waals surface area contributed by atoms with Gasteiger partial charge in [0.25, 0.3) is 0 Å². The van der Waals surface area contributed by atoms with Gasteiger partial charge in [-0.05, 0) is 47.0 Å². The van der Waals surface area contributed by atoms with E-state index < -0.39 is 18.0 Å². The third kappa shape index (κ3) is 4.72. The molecule has 8 nitrogen and oxygen atoms in total. The standard InChI is InChI=1S/C22H35NO7/c1-13(2)7-8-16-21(4,30-16)19-18(26-5)15(9-10-22(19)12-28-22)29-17(24)11-23-14(3)20(25)27-6/h7,14-16,18-19,23H,8-12H2,1-6H3/t14?,15-,16-,18-,19-,21-,22+/m1/s1. The van der Waals surface area contributed by atoms with Crippen LogP contribution in [-0.4, -0.2) is 74.9 Å². The Kier molecular flexibility index (Phi) is 6.91. The van der Waals surface area contributed by atoms with E-state index in [4.69, 9.17) is 18.9 Å². The molecule has 7 atom stereocenters. The van der Waals surface area contributed by atoms with E-state index in [0.717, 1.165) is 12.8 Å². The fraction of sp³-hybridized carbons (Fsp3) is 0.818. The molecule has 2 aliphatic heterocycles. The number of carbonyl (C=O) groups is 2. The summed E-state index contributed by atoms with van der Waals surface area (Å²) in [6.07, 6.45) is 3.91. The highest BCUT2D eigenvalue weighted by Gasteiger charge is 2.72. The summed E-state index contributed by atoms with van der Waals surface area (Å²) < 4.78 is 28.4. The van der Waals surface area contributed by atoms with Gasteiger partial charge in [-0.3, -0.25) is 14.9 Å². The fourth-order valence-corrected chi connectivity index (χ4v) is 4.78. The van der Waals surface area contributed by atoms with E-state index in [1.54, 1.807) is 14.0 Å². The molecule has 0 aromatic carbocycles. The average Bonchev–Trinajstić information content (AvgIpc) is 3.62. The molecule has 170 valence electrons. The van der Waals surface area contributed by atoms with E-state index in [1.807, 2.05) is 0 Å². The van der Waals surface area contributed by atoms with Gasteiger partial charge in [-0.25, -0.2) is 0 Å². The van der Waals surface area contributed by atoms with Crippen molar-refractivity contribution < 1.29 is 33.3 Å². The van der Waals surface area contributed by atoms with E-state index in [-0.39, 0.29) is 42.0 Å². The second-order valence-corrected chi connectivity index (χ2v) is 9.03. The van der Waals surface area contributed by atoms with Crippen molar-refractivity contribution in [3.05, 3.63) is 11.6 Å². The molecule has 2 heterocycles. The summed E-state index contributed by atoms with van der Waals surface area (Å²) in [6.45, 7) is 8.51. The van der Waals surface area contributed by atoms with Crippen LogP contribution in [0.2, 0.25) is 0 Å². The molecule has 0 amide bonds. The van der Waals surface area contributed by atoms with Crippen LogP contribution in [0.4, 0.5) is 0 Å². The lowest BCUT2D eigenvalue weighted by Gasteiger charge is -2.42. The molecule has 0 radical (unpaired) electrons. The van der Waals surface area contributed by atoms with Gasteiger partial charge in [0.15, 0.2) is 0 Å². The van der Waals surface area contributed by atoms with Crippen LogP contribution in [-0.2, 0) is 33.3 Å². The molecule has 3 fully saturated rings. The summed E-state index contributed by atoms with van der Waals surface area (Å²) in [5, 5.41) is 2.83. The number of carbonyl (C=O) groups excluding carboxylic acids is 2. The normalized spacial score (nSPS) is 37.9. The SMILES string of the molecule is COC(=O)C(C)NCC(=O)O[C@@H]1CC[C@]2(CO2)[C@@H]([C@]2(C)O[C@@H]2CC=C(C)C)[C@@H]1OC. The predicted octanol–water partition coefficient (Wildman–Crippen LogP) is 1.76. The molecule has 1 spiro atoms. The molecule has 0 bridgehead atoms. The zero-order valence-electron chi connectivity index (χ0n) is 18.9. The largest absolute Gasteiger partial charge is 0.468 e. The third-order valence-corrected chi connectivity index (χ3v) is 6.63. The predicted molar refractivity (Wildman–Crippen MR) is 109 cm³/mol. The Morgan fingerprint density at radius 2 is 2.00 bits per heavy atom. The number of ether oxygens (including phenoxy) is 5.